The van der Waals surface area contributed by atoms with Gasteiger partial charge in [0.25, 0.3) is 0 Å². The Morgan fingerprint density at radius 2 is 2.25 bits per heavy atom. The molecule has 1 aromatic heterocycles. The Bertz CT molecular complexity index is 641. The highest BCUT2D eigenvalue weighted by molar-refractivity contribution is 8.00. The third-order valence-electron chi connectivity index (χ3n) is 2.53. The van der Waals surface area contributed by atoms with E-state index in [2.05, 4.69) is 14.9 Å². The zero-order valence-electron chi connectivity index (χ0n) is 10.7. The maximum absolute atomic E-state index is 11.8. The highest BCUT2D eigenvalue weighted by Crippen LogP contribution is 2.20. The van der Waals surface area contributed by atoms with E-state index in [0.29, 0.717) is 11.4 Å². The highest BCUT2D eigenvalue weighted by atomic mass is 32.2. The van der Waals surface area contributed by atoms with Crippen LogP contribution in [0.25, 0.3) is 0 Å². The molecule has 0 aliphatic rings. The van der Waals surface area contributed by atoms with Crippen LogP contribution in [0.1, 0.15) is 5.56 Å². The van der Waals surface area contributed by atoms with Crippen LogP contribution in [0.15, 0.2) is 41.6 Å². The van der Waals surface area contributed by atoms with E-state index in [9.17, 15) is 8.42 Å². The second kappa shape index (κ2) is 6.78. The van der Waals surface area contributed by atoms with Crippen LogP contribution in [0.2, 0.25) is 0 Å². The van der Waals surface area contributed by atoms with Crippen LogP contribution in [0, 0.1) is 0 Å². The lowest BCUT2D eigenvalue weighted by atomic mass is 10.3. The third kappa shape index (κ3) is 4.87. The largest absolute Gasteiger partial charge is 0.399 e. The van der Waals surface area contributed by atoms with Crippen molar-refractivity contribution in [3.63, 3.8) is 0 Å². The predicted molar refractivity (Wildman–Crippen MR) is 80.8 cm³/mol. The summed E-state index contributed by atoms with van der Waals surface area (Å²) in [5.74, 6) is 0.536. The van der Waals surface area contributed by atoms with Gasteiger partial charge in [-0.3, -0.25) is 5.10 Å². The number of thioether (sulfide) groups is 1. The van der Waals surface area contributed by atoms with Crippen LogP contribution in [0.5, 0.6) is 0 Å². The van der Waals surface area contributed by atoms with Crippen molar-refractivity contribution in [3.8, 4) is 0 Å². The van der Waals surface area contributed by atoms with Crippen molar-refractivity contribution >= 4 is 27.5 Å². The molecule has 6 nitrogen and oxygen atoms in total. The van der Waals surface area contributed by atoms with Crippen LogP contribution in [0.3, 0.4) is 0 Å². The van der Waals surface area contributed by atoms with Crippen molar-refractivity contribution in [1.82, 2.24) is 14.9 Å². The molecular weight excluding hydrogens is 296 g/mol. The summed E-state index contributed by atoms with van der Waals surface area (Å²) in [4.78, 5) is 0.968. The van der Waals surface area contributed by atoms with E-state index in [-0.39, 0.29) is 12.3 Å². The van der Waals surface area contributed by atoms with E-state index < -0.39 is 10.0 Å². The third-order valence-corrected chi connectivity index (χ3v) is 5.11. The monoisotopic (exact) mass is 312 g/mol. The summed E-state index contributed by atoms with van der Waals surface area (Å²) < 4.78 is 26.1. The Hall–Kier alpha value is -1.51. The summed E-state index contributed by atoms with van der Waals surface area (Å²) in [5.41, 5.74) is 7.14. The SMILES string of the molecule is Nc1cccc(SCCS(=O)(=O)NCc2cn[nH]c2)c1. The maximum Gasteiger partial charge on any atom is 0.212 e. The zero-order valence-corrected chi connectivity index (χ0v) is 12.4. The molecule has 4 N–H and O–H groups in total. The molecule has 0 radical (unpaired) electrons. The maximum atomic E-state index is 11.8. The average Bonchev–Trinajstić information content (AvgIpc) is 2.89. The smallest absolute Gasteiger partial charge is 0.212 e. The molecule has 20 heavy (non-hydrogen) atoms. The number of nitrogens with two attached hydrogens (primary N) is 1. The Kier molecular flexibility index (Phi) is 5.05. The molecule has 0 spiro atoms. The molecule has 0 amide bonds. The number of anilines is 1. The molecule has 1 aromatic carbocycles. The van der Waals surface area contributed by atoms with Crippen molar-refractivity contribution in [1.29, 1.82) is 0 Å². The Morgan fingerprint density at radius 1 is 1.40 bits per heavy atom. The van der Waals surface area contributed by atoms with Gasteiger partial charge in [0.15, 0.2) is 0 Å². The Balaban J connectivity index is 1.77. The van der Waals surface area contributed by atoms with E-state index in [1.807, 2.05) is 18.2 Å². The Labute approximate surface area is 122 Å². The van der Waals surface area contributed by atoms with Crippen LogP contribution in [0.4, 0.5) is 5.69 Å². The van der Waals surface area contributed by atoms with Crippen molar-refractivity contribution in [2.75, 3.05) is 17.2 Å². The van der Waals surface area contributed by atoms with Gasteiger partial charge in [-0.05, 0) is 18.2 Å². The minimum absolute atomic E-state index is 0.0598. The van der Waals surface area contributed by atoms with E-state index in [1.54, 1.807) is 18.5 Å². The van der Waals surface area contributed by atoms with Gasteiger partial charge in [-0.1, -0.05) is 6.07 Å². The summed E-state index contributed by atoms with van der Waals surface area (Å²) in [7, 11) is -3.28. The first-order valence-electron chi connectivity index (χ1n) is 5.98. The van der Waals surface area contributed by atoms with E-state index in [4.69, 9.17) is 5.73 Å². The topological polar surface area (TPSA) is 101 Å². The zero-order chi connectivity index (χ0) is 14.4. The normalized spacial score (nSPS) is 11.6. The first kappa shape index (κ1) is 14.9. The number of nitrogens with zero attached hydrogens (tertiary/aromatic N) is 1. The first-order chi connectivity index (χ1) is 9.55. The molecule has 0 atom stereocenters. The second-order valence-electron chi connectivity index (χ2n) is 4.17. The standard InChI is InChI=1S/C12H16N4O2S2/c13-11-2-1-3-12(6-11)19-4-5-20(17,18)16-9-10-7-14-15-8-10/h1-3,6-8,16H,4-5,9,13H2,(H,14,15). The molecule has 8 heteroatoms. The lowest BCUT2D eigenvalue weighted by Gasteiger charge is -2.06. The number of nitrogen functional groups attached to an aromatic ring is 1. The van der Waals surface area contributed by atoms with Crippen molar-refractivity contribution in [3.05, 3.63) is 42.2 Å². The molecule has 0 fully saturated rings. The lowest BCUT2D eigenvalue weighted by molar-refractivity contribution is 0.583. The van der Waals surface area contributed by atoms with E-state index >= 15 is 0 Å². The van der Waals surface area contributed by atoms with Gasteiger partial charge in [-0.2, -0.15) is 5.10 Å². The van der Waals surface area contributed by atoms with Crippen LogP contribution in [-0.4, -0.2) is 30.1 Å². The summed E-state index contributed by atoms with van der Waals surface area (Å²) >= 11 is 1.47. The van der Waals surface area contributed by atoms with Crippen molar-refractivity contribution in [2.24, 2.45) is 0 Å². The number of hydrogen-bond donors (Lipinski definition) is 3. The van der Waals surface area contributed by atoms with Gasteiger partial charge in [0.05, 0.1) is 11.9 Å². The van der Waals surface area contributed by atoms with Crippen LogP contribution >= 0.6 is 11.8 Å². The summed E-state index contributed by atoms with van der Waals surface area (Å²) in [6.45, 7) is 0.252. The number of H-pyrrole nitrogens is 1. The number of benzene rings is 1. The van der Waals surface area contributed by atoms with Gasteiger partial charge >= 0.3 is 0 Å². The minimum atomic E-state index is -3.28. The van der Waals surface area contributed by atoms with E-state index in [0.717, 1.165) is 10.5 Å². The number of nitrogens with one attached hydrogen (secondary N) is 2. The molecule has 2 rings (SSSR count). The predicted octanol–water partition coefficient (Wildman–Crippen LogP) is 1.20. The average molecular weight is 312 g/mol. The van der Waals surface area contributed by atoms with Crippen molar-refractivity contribution < 1.29 is 8.42 Å². The fourth-order valence-electron chi connectivity index (χ4n) is 1.51. The summed E-state index contributed by atoms with van der Waals surface area (Å²) in [6.07, 6.45) is 3.24. The fraction of sp³-hybridized carbons (Fsp3) is 0.250. The molecular formula is C12H16N4O2S2. The van der Waals surface area contributed by atoms with Crippen LogP contribution in [-0.2, 0) is 16.6 Å². The molecule has 0 bridgehead atoms. The number of hydrogen-bond acceptors (Lipinski definition) is 5. The first-order valence-corrected chi connectivity index (χ1v) is 8.62. The molecule has 108 valence electrons. The van der Waals surface area contributed by atoms with Gasteiger partial charge in [0, 0.05) is 34.6 Å². The van der Waals surface area contributed by atoms with Gasteiger partial charge < -0.3 is 5.73 Å². The molecule has 1 heterocycles. The fourth-order valence-corrected chi connectivity index (χ4v) is 3.89. The molecule has 0 aliphatic carbocycles. The quantitative estimate of drug-likeness (QED) is 0.527. The molecule has 0 aliphatic heterocycles. The molecule has 2 aromatic rings. The number of aromatic amines is 1. The van der Waals surface area contributed by atoms with Gasteiger partial charge in [0.2, 0.25) is 10.0 Å². The second-order valence-corrected chi connectivity index (χ2v) is 7.26. The number of sulfonamides is 1. The lowest BCUT2D eigenvalue weighted by Crippen LogP contribution is -2.26. The summed E-state index contributed by atoms with van der Waals surface area (Å²) in [6, 6.07) is 7.39. The molecule has 0 saturated heterocycles. The van der Waals surface area contributed by atoms with Gasteiger partial charge in [0.1, 0.15) is 0 Å². The van der Waals surface area contributed by atoms with Crippen LogP contribution < -0.4 is 10.5 Å². The number of aromatic nitrogens is 2. The van der Waals surface area contributed by atoms with Gasteiger partial charge in [-0.15, -0.1) is 11.8 Å². The number of rotatable bonds is 7. The van der Waals surface area contributed by atoms with Gasteiger partial charge in [-0.25, -0.2) is 13.1 Å². The molecule has 0 unspecified atom stereocenters. The highest BCUT2D eigenvalue weighted by Gasteiger charge is 2.10. The molecule has 0 saturated carbocycles. The summed E-state index contributed by atoms with van der Waals surface area (Å²) in [5, 5.41) is 6.39. The van der Waals surface area contributed by atoms with Crippen molar-refractivity contribution in [2.45, 2.75) is 11.4 Å². The Morgan fingerprint density at radius 3 is 2.95 bits per heavy atom. The van der Waals surface area contributed by atoms with E-state index in [1.165, 1.54) is 11.8 Å². The minimum Gasteiger partial charge on any atom is -0.399 e.